The van der Waals surface area contributed by atoms with E-state index < -0.39 is 0 Å². The highest BCUT2D eigenvalue weighted by Gasteiger charge is 2.20. The van der Waals surface area contributed by atoms with Crippen molar-refractivity contribution < 1.29 is 9.53 Å². The Morgan fingerprint density at radius 1 is 1.30 bits per heavy atom. The molecule has 3 heteroatoms. The largest absolute Gasteiger partial charge is 0.468 e. The summed E-state index contributed by atoms with van der Waals surface area (Å²) in [6.07, 6.45) is 4.47. The molecule has 0 aromatic heterocycles. The van der Waals surface area contributed by atoms with Crippen LogP contribution in [0.25, 0.3) is 0 Å². The number of ether oxygens (including phenoxy) is 1. The molecule has 110 valence electrons. The molecule has 1 aliphatic rings. The summed E-state index contributed by atoms with van der Waals surface area (Å²) in [6.45, 7) is 4.96. The highest BCUT2D eigenvalue weighted by Crippen LogP contribution is 2.22. The van der Waals surface area contributed by atoms with Gasteiger partial charge in [-0.3, -0.25) is 4.79 Å². The van der Waals surface area contributed by atoms with Crippen LogP contribution >= 0.6 is 0 Å². The molecule has 1 aliphatic carbocycles. The van der Waals surface area contributed by atoms with Crippen molar-refractivity contribution in [3.8, 4) is 0 Å². The third-order valence-corrected chi connectivity index (χ3v) is 3.91. The van der Waals surface area contributed by atoms with Crippen molar-refractivity contribution in [1.82, 2.24) is 5.32 Å². The Bertz CT molecular complexity index is 468. The molecule has 0 spiro atoms. The van der Waals surface area contributed by atoms with Gasteiger partial charge in [0.1, 0.15) is 6.04 Å². The lowest BCUT2D eigenvalue weighted by atomic mass is 10.0. The van der Waals surface area contributed by atoms with Crippen LogP contribution in [-0.4, -0.2) is 19.1 Å². The van der Waals surface area contributed by atoms with Gasteiger partial charge in [0.25, 0.3) is 0 Å². The van der Waals surface area contributed by atoms with Gasteiger partial charge in [0, 0.05) is 6.54 Å². The second-order valence-electron chi connectivity index (χ2n) is 6.04. The van der Waals surface area contributed by atoms with E-state index in [-0.39, 0.29) is 12.0 Å². The summed E-state index contributed by atoms with van der Waals surface area (Å²) >= 11 is 0. The number of aryl methyl sites for hydroxylation is 2. The minimum atomic E-state index is -0.215. The van der Waals surface area contributed by atoms with Gasteiger partial charge in [0.2, 0.25) is 0 Å². The van der Waals surface area contributed by atoms with Gasteiger partial charge < -0.3 is 10.1 Å². The van der Waals surface area contributed by atoms with Crippen molar-refractivity contribution in [3.63, 3.8) is 0 Å². The number of esters is 1. The molecule has 0 heterocycles. The third kappa shape index (κ3) is 3.83. The first-order chi connectivity index (χ1) is 9.60. The highest BCUT2D eigenvalue weighted by atomic mass is 16.5. The minimum Gasteiger partial charge on any atom is -0.468 e. The normalized spacial score (nSPS) is 15.2. The Labute approximate surface area is 121 Å². The van der Waals surface area contributed by atoms with Gasteiger partial charge in [0.05, 0.1) is 7.11 Å². The molecule has 3 nitrogen and oxygen atoms in total. The van der Waals surface area contributed by atoms with E-state index in [0.717, 1.165) is 13.0 Å². The summed E-state index contributed by atoms with van der Waals surface area (Å²) in [5.74, 6) is 0.298. The van der Waals surface area contributed by atoms with E-state index in [1.165, 1.54) is 43.1 Å². The number of fused-ring (bicyclic) bond motifs is 1. The fraction of sp³-hybridized carbons (Fsp3) is 0.588. The van der Waals surface area contributed by atoms with Crippen molar-refractivity contribution in [2.45, 2.75) is 52.1 Å². The van der Waals surface area contributed by atoms with Crippen LogP contribution in [0, 0.1) is 5.92 Å². The second-order valence-corrected chi connectivity index (χ2v) is 6.04. The van der Waals surface area contributed by atoms with Gasteiger partial charge in [-0.25, -0.2) is 0 Å². The molecular formula is C17H25NO2. The summed E-state index contributed by atoms with van der Waals surface area (Å²) in [5, 5.41) is 3.33. The molecule has 0 bridgehead atoms. The fourth-order valence-electron chi connectivity index (χ4n) is 2.85. The Balaban J connectivity index is 1.96. The third-order valence-electron chi connectivity index (χ3n) is 3.91. The van der Waals surface area contributed by atoms with Crippen LogP contribution in [0.3, 0.4) is 0 Å². The average Bonchev–Trinajstić information content (AvgIpc) is 2.89. The molecule has 0 aliphatic heterocycles. The number of carbonyl (C=O) groups excluding carboxylic acids is 1. The fourth-order valence-corrected chi connectivity index (χ4v) is 2.85. The molecule has 1 atom stereocenters. The lowest BCUT2D eigenvalue weighted by Crippen LogP contribution is -2.38. The number of nitrogens with one attached hydrogen (secondary N) is 1. The number of hydrogen-bond donors (Lipinski definition) is 1. The molecule has 1 aromatic carbocycles. The molecule has 0 saturated heterocycles. The topological polar surface area (TPSA) is 38.3 Å². The van der Waals surface area contributed by atoms with Crippen LogP contribution in [0.15, 0.2) is 18.2 Å². The van der Waals surface area contributed by atoms with Gasteiger partial charge in [-0.05, 0) is 48.3 Å². The zero-order valence-electron chi connectivity index (χ0n) is 12.7. The van der Waals surface area contributed by atoms with E-state index >= 15 is 0 Å². The molecule has 0 radical (unpaired) electrons. The predicted molar refractivity (Wildman–Crippen MR) is 80.6 cm³/mol. The average molecular weight is 275 g/mol. The SMILES string of the molecule is COC(=O)C(CC(C)C)NCc1ccc2c(c1)CCC2. The van der Waals surface area contributed by atoms with E-state index in [2.05, 4.69) is 37.4 Å². The van der Waals surface area contributed by atoms with E-state index in [0.29, 0.717) is 5.92 Å². The molecular weight excluding hydrogens is 250 g/mol. The van der Waals surface area contributed by atoms with Crippen molar-refractivity contribution in [3.05, 3.63) is 34.9 Å². The number of hydrogen-bond acceptors (Lipinski definition) is 3. The van der Waals surface area contributed by atoms with Crippen molar-refractivity contribution in [2.24, 2.45) is 5.92 Å². The number of benzene rings is 1. The van der Waals surface area contributed by atoms with E-state index in [4.69, 9.17) is 4.74 Å². The minimum absolute atomic E-state index is 0.167. The van der Waals surface area contributed by atoms with Crippen LogP contribution in [-0.2, 0) is 28.9 Å². The van der Waals surface area contributed by atoms with Gasteiger partial charge in [-0.2, -0.15) is 0 Å². The summed E-state index contributed by atoms with van der Waals surface area (Å²) in [5.41, 5.74) is 4.21. The Hall–Kier alpha value is -1.35. The quantitative estimate of drug-likeness (QED) is 0.811. The van der Waals surface area contributed by atoms with E-state index in [9.17, 15) is 4.79 Å². The molecule has 20 heavy (non-hydrogen) atoms. The molecule has 0 fully saturated rings. The summed E-state index contributed by atoms with van der Waals surface area (Å²) < 4.78 is 4.87. The predicted octanol–water partition coefficient (Wildman–Crippen LogP) is 2.85. The zero-order valence-corrected chi connectivity index (χ0v) is 12.7. The van der Waals surface area contributed by atoms with Gasteiger partial charge >= 0.3 is 5.97 Å². The lowest BCUT2D eigenvalue weighted by Gasteiger charge is -2.18. The maximum Gasteiger partial charge on any atom is 0.322 e. The zero-order chi connectivity index (χ0) is 14.5. The number of carbonyl (C=O) groups is 1. The van der Waals surface area contributed by atoms with Crippen molar-refractivity contribution in [1.29, 1.82) is 0 Å². The standard InChI is InChI=1S/C17H25NO2/c1-12(2)9-16(17(19)20-3)18-11-13-7-8-14-5-4-6-15(14)10-13/h7-8,10,12,16,18H,4-6,9,11H2,1-3H3. The van der Waals surface area contributed by atoms with Gasteiger partial charge in [0.15, 0.2) is 0 Å². The van der Waals surface area contributed by atoms with Gasteiger partial charge in [-0.1, -0.05) is 32.0 Å². The summed E-state index contributed by atoms with van der Waals surface area (Å²) in [4.78, 5) is 11.8. The first-order valence-corrected chi connectivity index (χ1v) is 7.52. The molecule has 0 saturated carbocycles. The van der Waals surface area contributed by atoms with E-state index in [1.807, 2.05) is 0 Å². The Morgan fingerprint density at radius 3 is 2.75 bits per heavy atom. The van der Waals surface area contributed by atoms with Gasteiger partial charge in [-0.15, -0.1) is 0 Å². The summed E-state index contributed by atoms with van der Waals surface area (Å²) in [6, 6.07) is 6.46. The number of rotatable bonds is 6. The molecule has 1 unspecified atom stereocenters. The first kappa shape index (κ1) is 15.0. The maximum atomic E-state index is 11.8. The monoisotopic (exact) mass is 275 g/mol. The number of methoxy groups -OCH3 is 1. The highest BCUT2D eigenvalue weighted by molar-refractivity contribution is 5.75. The van der Waals surface area contributed by atoms with Crippen molar-refractivity contribution in [2.75, 3.05) is 7.11 Å². The van der Waals surface area contributed by atoms with E-state index in [1.54, 1.807) is 0 Å². The van der Waals surface area contributed by atoms with Crippen LogP contribution in [0.1, 0.15) is 43.4 Å². The molecule has 1 aromatic rings. The van der Waals surface area contributed by atoms with Crippen LogP contribution in [0.5, 0.6) is 0 Å². The Morgan fingerprint density at radius 2 is 2.05 bits per heavy atom. The molecule has 2 rings (SSSR count). The maximum absolute atomic E-state index is 11.8. The lowest BCUT2D eigenvalue weighted by molar-refractivity contribution is -0.143. The summed E-state index contributed by atoms with van der Waals surface area (Å²) in [7, 11) is 1.45. The molecule has 0 amide bonds. The van der Waals surface area contributed by atoms with Crippen LogP contribution in [0.4, 0.5) is 0 Å². The van der Waals surface area contributed by atoms with Crippen LogP contribution in [0.2, 0.25) is 0 Å². The van der Waals surface area contributed by atoms with Crippen molar-refractivity contribution >= 4 is 5.97 Å². The first-order valence-electron chi connectivity index (χ1n) is 7.52. The smallest absolute Gasteiger partial charge is 0.322 e. The Kier molecular flexibility index (Phi) is 5.18. The molecule has 1 N–H and O–H groups in total. The van der Waals surface area contributed by atoms with Crippen LogP contribution < -0.4 is 5.32 Å². The second kappa shape index (κ2) is 6.89.